The number of nitrogens with zero attached hydrogens (tertiary/aromatic N) is 4. The summed E-state index contributed by atoms with van der Waals surface area (Å²) in [5.74, 6) is 1.03. The molecule has 0 saturated heterocycles. The van der Waals surface area contributed by atoms with Crippen LogP contribution in [0.1, 0.15) is 23.7 Å². The van der Waals surface area contributed by atoms with E-state index < -0.39 is 0 Å². The highest BCUT2D eigenvalue weighted by molar-refractivity contribution is 5.88. The molecule has 1 aliphatic heterocycles. The summed E-state index contributed by atoms with van der Waals surface area (Å²) in [6.45, 7) is 5.07. The summed E-state index contributed by atoms with van der Waals surface area (Å²) in [5.41, 5.74) is 4.30. The maximum absolute atomic E-state index is 12.2. The van der Waals surface area contributed by atoms with E-state index >= 15 is 0 Å². The number of benzene rings is 1. The normalized spacial score (nSPS) is 13.6. The van der Waals surface area contributed by atoms with Crippen LogP contribution in [-0.2, 0) is 17.9 Å². The first-order chi connectivity index (χ1) is 12.2. The highest BCUT2D eigenvalue weighted by Gasteiger charge is 2.30. The van der Waals surface area contributed by atoms with Crippen LogP contribution in [-0.4, -0.2) is 25.2 Å². The quantitative estimate of drug-likeness (QED) is 0.690. The summed E-state index contributed by atoms with van der Waals surface area (Å²) in [5, 5.41) is 4.85. The zero-order chi connectivity index (χ0) is 17.4. The Morgan fingerprint density at radius 1 is 1.12 bits per heavy atom. The van der Waals surface area contributed by atoms with E-state index in [9.17, 15) is 4.79 Å². The minimum Gasteiger partial charge on any atom is -0.329 e. The smallest absolute Gasteiger partial charge is 0.246 e. The van der Waals surface area contributed by atoms with E-state index in [0.717, 1.165) is 22.8 Å². The van der Waals surface area contributed by atoms with Crippen LogP contribution < -0.4 is 0 Å². The third kappa shape index (κ3) is 2.58. The zero-order valence-corrected chi connectivity index (χ0v) is 14.4. The van der Waals surface area contributed by atoms with E-state index in [1.165, 1.54) is 5.56 Å². The van der Waals surface area contributed by atoms with E-state index in [0.29, 0.717) is 13.1 Å². The highest BCUT2D eigenvalue weighted by atomic mass is 16.2. The van der Waals surface area contributed by atoms with Gasteiger partial charge in [0, 0.05) is 18.0 Å². The molecular weight excluding hydrogens is 312 g/mol. The topological polar surface area (TPSA) is 43.1 Å². The van der Waals surface area contributed by atoms with Gasteiger partial charge in [-0.3, -0.25) is 4.79 Å². The molecule has 0 atom stereocenters. The lowest BCUT2D eigenvalue weighted by Gasteiger charge is -2.16. The summed E-state index contributed by atoms with van der Waals surface area (Å²) in [6.07, 6.45) is 7.42. The van der Waals surface area contributed by atoms with Gasteiger partial charge in [0.25, 0.3) is 0 Å². The third-order valence-electron chi connectivity index (χ3n) is 4.54. The van der Waals surface area contributed by atoms with Gasteiger partial charge in [-0.2, -0.15) is 5.10 Å². The lowest BCUT2D eigenvalue weighted by atomic mass is 10.2. The van der Waals surface area contributed by atoms with Crippen LogP contribution in [0.3, 0.4) is 0 Å². The van der Waals surface area contributed by atoms with Crippen molar-refractivity contribution < 1.29 is 4.79 Å². The van der Waals surface area contributed by atoms with Crippen molar-refractivity contribution in [1.82, 2.24) is 19.2 Å². The van der Waals surface area contributed by atoms with Crippen molar-refractivity contribution in [3.8, 4) is 11.5 Å². The number of fused-ring (bicyclic) bond motifs is 1. The minimum absolute atomic E-state index is 0.0291. The fourth-order valence-electron chi connectivity index (χ4n) is 3.32. The van der Waals surface area contributed by atoms with Crippen LogP contribution in [0, 0.1) is 6.92 Å². The Bertz CT molecular complexity index is 950. The lowest BCUT2D eigenvalue weighted by Crippen LogP contribution is -2.24. The van der Waals surface area contributed by atoms with Gasteiger partial charge in [-0.1, -0.05) is 24.3 Å². The predicted molar refractivity (Wildman–Crippen MR) is 96.7 cm³/mol. The average molecular weight is 332 g/mol. The van der Waals surface area contributed by atoms with Crippen molar-refractivity contribution in [2.75, 3.05) is 0 Å². The van der Waals surface area contributed by atoms with E-state index in [-0.39, 0.29) is 5.91 Å². The largest absolute Gasteiger partial charge is 0.329 e. The third-order valence-corrected chi connectivity index (χ3v) is 4.54. The molecule has 126 valence electrons. The monoisotopic (exact) mass is 332 g/mol. The molecule has 25 heavy (non-hydrogen) atoms. The second kappa shape index (κ2) is 6.09. The number of allylic oxidation sites excluding steroid dienone is 1. The first-order valence-corrected chi connectivity index (χ1v) is 8.40. The second-order valence-electron chi connectivity index (χ2n) is 6.23. The van der Waals surface area contributed by atoms with Crippen LogP contribution >= 0.6 is 0 Å². The Balaban J connectivity index is 1.84. The Morgan fingerprint density at radius 2 is 1.88 bits per heavy atom. The van der Waals surface area contributed by atoms with Crippen LogP contribution in [0.15, 0.2) is 60.9 Å². The molecule has 2 aromatic heterocycles. The number of rotatable bonds is 3. The first-order valence-electron chi connectivity index (χ1n) is 8.40. The molecule has 1 amide bonds. The van der Waals surface area contributed by atoms with Crippen molar-refractivity contribution in [1.29, 1.82) is 0 Å². The minimum atomic E-state index is 0.0291. The molecule has 0 aliphatic carbocycles. The Morgan fingerprint density at radius 3 is 2.60 bits per heavy atom. The molecule has 1 aromatic carbocycles. The summed E-state index contributed by atoms with van der Waals surface area (Å²) in [4.78, 5) is 14.0. The molecule has 3 heterocycles. The molecule has 0 radical (unpaired) electrons. The summed E-state index contributed by atoms with van der Waals surface area (Å²) < 4.78 is 4.07. The Kier molecular flexibility index (Phi) is 3.76. The molecule has 0 unspecified atom stereocenters. The molecule has 0 spiro atoms. The van der Waals surface area contributed by atoms with Gasteiger partial charge in [0.05, 0.1) is 24.5 Å². The number of aryl methyl sites for hydroxylation is 1. The summed E-state index contributed by atoms with van der Waals surface area (Å²) in [6, 6.07) is 12.2. The van der Waals surface area contributed by atoms with E-state index in [4.69, 9.17) is 5.10 Å². The molecule has 0 saturated carbocycles. The molecule has 4 rings (SSSR count). The average Bonchev–Trinajstić information content (AvgIpc) is 3.30. The maximum atomic E-state index is 12.2. The number of hydrogen-bond donors (Lipinski definition) is 0. The number of para-hydroxylation sites is 1. The Labute approximate surface area is 146 Å². The van der Waals surface area contributed by atoms with Gasteiger partial charge in [0.1, 0.15) is 5.82 Å². The number of hydrogen-bond acceptors (Lipinski definition) is 2. The van der Waals surface area contributed by atoms with Crippen LogP contribution in [0.4, 0.5) is 0 Å². The number of carbonyl (C=O) groups is 1. The number of aromatic nitrogens is 3. The maximum Gasteiger partial charge on any atom is 0.246 e. The molecule has 0 N–H and O–H groups in total. The second-order valence-corrected chi connectivity index (χ2v) is 6.23. The van der Waals surface area contributed by atoms with Crippen molar-refractivity contribution in [2.45, 2.75) is 26.9 Å². The number of carbonyl (C=O) groups excluding carboxylic acids is 1. The molecule has 3 aromatic rings. The lowest BCUT2D eigenvalue weighted by molar-refractivity contribution is -0.126. The van der Waals surface area contributed by atoms with Crippen molar-refractivity contribution in [2.24, 2.45) is 0 Å². The Hall–Kier alpha value is -3.08. The van der Waals surface area contributed by atoms with Gasteiger partial charge in [0.15, 0.2) is 0 Å². The van der Waals surface area contributed by atoms with E-state index in [1.807, 2.05) is 53.2 Å². The standard InChI is InChI=1S/C20H20N4O/c1-3-8-19(25)23-13-16-17(14-23)21-24(18-10-5-4-9-15(18)2)20(16)22-11-6-7-12-22/h3-12H,13-14H2,1-2H3. The van der Waals surface area contributed by atoms with E-state index in [2.05, 4.69) is 23.6 Å². The molecule has 1 aliphatic rings. The number of amides is 1. The van der Waals surface area contributed by atoms with Crippen molar-refractivity contribution in [3.63, 3.8) is 0 Å². The fourth-order valence-corrected chi connectivity index (χ4v) is 3.32. The van der Waals surface area contributed by atoms with Gasteiger partial charge in [-0.25, -0.2) is 4.68 Å². The van der Waals surface area contributed by atoms with Crippen molar-refractivity contribution in [3.05, 3.63) is 77.8 Å². The zero-order valence-electron chi connectivity index (χ0n) is 14.4. The van der Waals surface area contributed by atoms with Gasteiger partial charge in [-0.05, 0) is 43.7 Å². The van der Waals surface area contributed by atoms with Gasteiger partial charge in [0.2, 0.25) is 5.91 Å². The molecule has 5 heteroatoms. The molecule has 0 bridgehead atoms. The van der Waals surface area contributed by atoms with Gasteiger partial charge >= 0.3 is 0 Å². The molecule has 0 fully saturated rings. The summed E-state index contributed by atoms with van der Waals surface area (Å²) in [7, 11) is 0. The first kappa shape index (κ1) is 15.4. The van der Waals surface area contributed by atoms with Crippen LogP contribution in [0.5, 0.6) is 0 Å². The van der Waals surface area contributed by atoms with Crippen molar-refractivity contribution >= 4 is 5.91 Å². The van der Waals surface area contributed by atoms with Crippen LogP contribution in [0.25, 0.3) is 11.5 Å². The fraction of sp³-hybridized carbons (Fsp3) is 0.200. The molecule has 5 nitrogen and oxygen atoms in total. The van der Waals surface area contributed by atoms with Gasteiger partial charge in [-0.15, -0.1) is 0 Å². The predicted octanol–water partition coefficient (Wildman–Crippen LogP) is 3.39. The van der Waals surface area contributed by atoms with Gasteiger partial charge < -0.3 is 9.47 Å². The van der Waals surface area contributed by atoms with Crippen LogP contribution in [0.2, 0.25) is 0 Å². The highest BCUT2D eigenvalue weighted by Crippen LogP contribution is 2.31. The van der Waals surface area contributed by atoms with E-state index in [1.54, 1.807) is 12.2 Å². The summed E-state index contributed by atoms with van der Waals surface area (Å²) >= 11 is 0. The molecular formula is C20H20N4O. The SMILES string of the molecule is CC=CC(=O)N1Cc2nn(-c3ccccc3C)c(-n3cccc3)c2C1.